The van der Waals surface area contributed by atoms with E-state index >= 15 is 0 Å². The largest absolute Gasteiger partial charge is 0.306 e. The van der Waals surface area contributed by atoms with Crippen LogP contribution in [0.2, 0.25) is 5.02 Å². The smallest absolute Gasteiger partial charge is 0.259 e. The molecule has 0 bridgehead atoms. The van der Waals surface area contributed by atoms with Gasteiger partial charge in [-0.3, -0.25) is 9.59 Å². The molecule has 0 aliphatic rings. The van der Waals surface area contributed by atoms with Gasteiger partial charge in [0.15, 0.2) is 0 Å². The van der Waals surface area contributed by atoms with Gasteiger partial charge in [-0.05, 0) is 44.2 Å². The molecule has 1 N–H and O–H groups in total. The molecule has 3 aromatic carbocycles. The second-order valence-electron chi connectivity index (χ2n) is 7.30. The van der Waals surface area contributed by atoms with Gasteiger partial charge in [0.05, 0.1) is 16.8 Å². The summed E-state index contributed by atoms with van der Waals surface area (Å²) in [5, 5.41) is 7.46. The predicted molar refractivity (Wildman–Crippen MR) is 124 cm³/mol. The van der Waals surface area contributed by atoms with Crippen molar-refractivity contribution in [3.63, 3.8) is 0 Å². The number of halogens is 2. The normalized spacial score (nSPS) is 10.8. The first-order valence-corrected chi connectivity index (χ1v) is 10.3. The van der Waals surface area contributed by atoms with Gasteiger partial charge in [0.25, 0.3) is 5.91 Å². The number of rotatable bonds is 4. The minimum absolute atomic E-state index is 0.103. The van der Waals surface area contributed by atoms with Crippen molar-refractivity contribution in [3.8, 4) is 16.8 Å². The zero-order valence-corrected chi connectivity index (χ0v) is 18.2. The molecule has 4 rings (SSSR count). The molecular formula is C25H19ClFN3O2. The lowest BCUT2D eigenvalue weighted by Gasteiger charge is -2.19. The number of benzene rings is 3. The summed E-state index contributed by atoms with van der Waals surface area (Å²) in [6.45, 7) is 3.54. The molecule has 7 heteroatoms. The van der Waals surface area contributed by atoms with Gasteiger partial charge in [0.1, 0.15) is 17.3 Å². The number of hydrogen-bond acceptors (Lipinski definition) is 3. The van der Waals surface area contributed by atoms with Crippen molar-refractivity contribution in [1.82, 2.24) is 9.78 Å². The molecular weight excluding hydrogens is 429 g/mol. The highest BCUT2D eigenvalue weighted by Crippen LogP contribution is 2.32. The second-order valence-corrected chi connectivity index (χ2v) is 7.71. The molecule has 5 nitrogen and oxygen atoms in total. The van der Waals surface area contributed by atoms with Crippen LogP contribution in [0.15, 0.2) is 77.6 Å². The molecule has 0 radical (unpaired) electrons. The fourth-order valence-electron chi connectivity index (χ4n) is 3.36. The van der Waals surface area contributed by atoms with E-state index in [1.54, 1.807) is 37.3 Å². The lowest BCUT2D eigenvalue weighted by atomic mass is 10.0. The lowest BCUT2D eigenvalue weighted by Crippen LogP contribution is -2.25. The first-order chi connectivity index (χ1) is 15.4. The first-order valence-electron chi connectivity index (χ1n) is 9.88. The monoisotopic (exact) mass is 447 g/mol. The number of nitrogens with zero attached hydrogens (tertiary/aromatic N) is 2. The van der Waals surface area contributed by atoms with Crippen LogP contribution in [0.1, 0.15) is 21.6 Å². The van der Waals surface area contributed by atoms with Gasteiger partial charge < -0.3 is 5.32 Å². The average Bonchev–Trinajstić information content (AvgIpc) is 2.78. The zero-order valence-electron chi connectivity index (χ0n) is 17.4. The minimum Gasteiger partial charge on any atom is -0.306 e. The summed E-state index contributed by atoms with van der Waals surface area (Å²) in [5.41, 5.74) is 1.96. The maximum Gasteiger partial charge on any atom is 0.259 e. The number of nitrogens with one attached hydrogen (secondary N) is 1. The van der Waals surface area contributed by atoms with Crippen molar-refractivity contribution in [3.05, 3.63) is 111 Å². The van der Waals surface area contributed by atoms with E-state index in [1.165, 1.54) is 22.9 Å². The Bertz CT molecular complexity index is 1380. The summed E-state index contributed by atoms with van der Waals surface area (Å²) in [6.07, 6.45) is 0. The number of amides is 1. The Morgan fingerprint density at radius 3 is 2.31 bits per heavy atom. The molecule has 0 aliphatic heterocycles. The number of carbonyl (C=O) groups excluding carboxylic acids is 1. The quantitative estimate of drug-likeness (QED) is 0.445. The highest BCUT2D eigenvalue weighted by Gasteiger charge is 2.23. The van der Waals surface area contributed by atoms with Crippen LogP contribution in [0.4, 0.5) is 10.2 Å². The first kappa shape index (κ1) is 21.5. The van der Waals surface area contributed by atoms with Crippen LogP contribution in [0.3, 0.4) is 0 Å². The van der Waals surface area contributed by atoms with Crippen LogP contribution in [0.5, 0.6) is 0 Å². The molecule has 0 atom stereocenters. The molecule has 0 aliphatic carbocycles. The highest BCUT2D eigenvalue weighted by molar-refractivity contribution is 6.33. The maximum atomic E-state index is 14.3. The molecule has 0 saturated carbocycles. The number of aromatic nitrogens is 2. The lowest BCUT2D eigenvalue weighted by molar-refractivity contribution is 0.102. The third-order valence-corrected chi connectivity index (χ3v) is 5.36. The Hall–Kier alpha value is -3.77. The minimum atomic E-state index is -0.706. The van der Waals surface area contributed by atoms with Gasteiger partial charge >= 0.3 is 0 Å². The van der Waals surface area contributed by atoms with Gasteiger partial charge in [-0.25, -0.2) is 9.07 Å². The summed E-state index contributed by atoms with van der Waals surface area (Å²) >= 11 is 6.41. The molecule has 4 aromatic rings. The summed E-state index contributed by atoms with van der Waals surface area (Å²) < 4.78 is 15.7. The van der Waals surface area contributed by atoms with Crippen LogP contribution in [0, 0.1) is 19.7 Å². The van der Waals surface area contributed by atoms with Gasteiger partial charge in [0.2, 0.25) is 5.43 Å². The third kappa shape index (κ3) is 4.05. The van der Waals surface area contributed by atoms with Crippen LogP contribution >= 0.6 is 11.6 Å². The van der Waals surface area contributed by atoms with Crippen molar-refractivity contribution in [2.75, 3.05) is 5.32 Å². The second kappa shape index (κ2) is 8.77. The average molecular weight is 448 g/mol. The molecule has 32 heavy (non-hydrogen) atoms. The molecule has 160 valence electrons. The highest BCUT2D eigenvalue weighted by atomic mass is 35.5. The van der Waals surface area contributed by atoms with Gasteiger partial charge in [-0.2, -0.15) is 5.10 Å². The maximum absolute atomic E-state index is 14.3. The Balaban J connectivity index is 2.00. The number of aryl methyl sites for hydroxylation is 2. The van der Waals surface area contributed by atoms with Crippen LogP contribution in [-0.2, 0) is 0 Å². The van der Waals surface area contributed by atoms with E-state index in [2.05, 4.69) is 10.4 Å². The SMILES string of the molecule is Cc1ccc(-n2nc(C)c(=O)c(-c3ccccc3Cl)c2NC(=O)c2ccccc2F)cc1. The number of carbonyl (C=O) groups is 1. The van der Waals surface area contributed by atoms with Gasteiger partial charge in [0, 0.05) is 10.6 Å². The number of hydrogen-bond donors (Lipinski definition) is 1. The van der Waals surface area contributed by atoms with E-state index in [1.807, 2.05) is 31.2 Å². The third-order valence-electron chi connectivity index (χ3n) is 5.03. The number of anilines is 1. The Labute approximate surface area is 189 Å². The van der Waals surface area contributed by atoms with E-state index in [4.69, 9.17) is 11.6 Å². The summed E-state index contributed by atoms with van der Waals surface area (Å²) in [4.78, 5) is 26.2. The summed E-state index contributed by atoms with van der Waals surface area (Å²) in [5.74, 6) is -1.28. The molecule has 0 saturated heterocycles. The molecule has 1 heterocycles. The van der Waals surface area contributed by atoms with E-state index < -0.39 is 11.7 Å². The van der Waals surface area contributed by atoms with Crippen LogP contribution in [-0.4, -0.2) is 15.7 Å². The Kier molecular flexibility index (Phi) is 5.88. The fraction of sp³-hybridized carbons (Fsp3) is 0.0800. The summed E-state index contributed by atoms with van der Waals surface area (Å²) in [6, 6.07) is 19.9. The molecule has 0 unspecified atom stereocenters. The summed E-state index contributed by atoms with van der Waals surface area (Å²) in [7, 11) is 0. The van der Waals surface area contributed by atoms with Crippen molar-refractivity contribution in [2.24, 2.45) is 0 Å². The van der Waals surface area contributed by atoms with E-state index in [0.29, 0.717) is 16.3 Å². The Morgan fingerprint density at radius 1 is 0.969 bits per heavy atom. The fourth-order valence-corrected chi connectivity index (χ4v) is 3.59. The zero-order chi connectivity index (χ0) is 22.8. The van der Waals surface area contributed by atoms with Crippen molar-refractivity contribution >= 4 is 23.3 Å². The topological polar surface area (TPSA) is 64.0 Å². The van der Waals surface area contributed by atoms with Gasteiger partial charge in [-0.15, -0.1) is 0 Å². The molecule has 0 fully saturated rings. The Morgan fingerprint density at radius 2 is 1.62 bits per heavy atom. The molecule has 1 amide bonds. The van der Waals surface area contributed by atoms with Crippen LogP contribution in [0.25, 0.3) is 16.8 Å². The van der Waals surface area contributed by atoms with Crippen LogP contribution < -0.4 is 10.7 Å². The standard InChI is InChI=1S/C25H19ClFN3O2/c1-15-11-13-17(14-12-15)30-24(28-25(32)19-8-4-6-10-21(19)27)22(23(31)16(2)29-30)18-7-3-5-9-20(18)26/h3-14H,1-2H3,(H,28,32). The van der Waals surface area contributed by atoms with Crippen molar-refractivity contribution < 1.29 is 9.18 Å². The van der Waals surface area contributed by atoms with Crippen molar-refractivity contribution in [2.45, 2.75) is 13.8 Å². The van der Waals surface area contributed by atoms with E-state index in [-0.39, 0.29) is 28.1 Å². The van der Waals surface area contributed by atoms with Gasteiger partial charge in [-0.1, -0.05) is 59.6 Å². The van der Waals surface area contributed by atoms with E-state index in [0.717, 1.165) is 5.56 Å². The molecule has 0 spiro atoms. The molecule has 1 aromatic heterocycles. The predicted octanol–water partition coefficient (Wildman–Crippen LogP) is 5.56. The van der Waals surface area contributed by atoms with E-state index in [9.17, 15) is 14.0 Å². The van der Waals surface area contributed by atoms with Crippen molar-refractivity contribution in [1.29, 1.82) is 0 Å².